The van der Waals surface area contributed by atoms with E-state index >= 15 is 0 Å². The van der Waals surface area contributed by atoms with Crippen LogP contribution in [-0.4, -0.2) is 42.8 Å². The Balaban J connectivity index is 2.49. The highest BCUT2D eigenvalue weighted by atomic mass is 16.5. The summed E-state index contributed by atoms with van der Waals surface area (Å²) >= 11 is 0. The van der Waals surface area contributed by atoms with Gasteiger partial charge in [-0.3, -0.25) is 4.90 Å². The van der Waals surface area contributed by atoms with Gasteiger partial charge in [0.25, 0.3) is 0 Å². The van der Waals surface area contributed by atoms with Crippen LogP contribution in [0.25, 0.3) is 0 Å². The van der Waals surface area contributed by atoms with Gasteiger partial charge in [-0.2, -0.15) is 0 Å². The molecular weight excluding hydrogens is 200 g/mol. The molecule has 1 heterocycles. The van der Waals surface area contributed by atoms with Crippen LogP contribution in [0.1, 0.15) is 46.5 Å². The molecule has 1 aliphatic rings. The Morgan fingerprint density at radius 1 is 1.38 bits per heavy atom. The lowest BCUT2D eigenvalue weighted by Crippen LogP contribution is -2.48. The molecule has 16 heavy (non-hydrogen) atoms. The van der Waals surface area contributed by atoms with Crippen LogP contribution in [0.4, 0.5) is 0 Å². The van der Waals surface area contributed by atoms with E-state index in [1.165, 1.54) is 25.7 Å². The number of unbranched alkanes of at least 4 members (excludes halogenated alkanes) is 1. The number of hydrogen-bond acceptors (Lipinski definition) is 3. The van der Waals surface area contributed by atoms with E-state index < -0.39 is 0 Å². The van der Waals surface area contributed by atoms with Crippen molar-refractivity contribution in [1.82, 2.24) is 4.90 Å². The third-order valence-electron chi connectivity index (χ3n) is 3.61. The van der Waals surface area contributed by atoms with E-state index in [2.05, 4.69) is 25.7 Å². The summed E-state index contributed by atoms with van der Waals surface area (Å²) in [6.45, 7) is 9.57. The molecule has 0 spiro atoms. The Labute approximate surface area is 100 Å². The molecule has 3 unspecified atom stereocenters. The second-order valence-corrected chi connectivity index (χ2v) is 4.85. The molecule has 1 saturated heterocycles. The molecule has 1 fully saturated rings. The predicted molar refractivity (Wildman–Crippen MR) is 68.6 cm³/mol. The first-order valence-electron chi connectivity index (χ1n) is 6.82. The van der Waals surface area contributed by atoms with Gasteiger partial charge in [-0.15, -0.1) is 0 Å². The van der Waals surface area contributed by atoms with Crippen molar-refractivity contribution in [2.24, 2.45) is 5.73 Å². The lowest BCUT2D eigenvalue weighted by molar-refractivity contribution is -0.00330. The standard InChI is InChI=1S/C13H28N2O/c1-4-6-9-15(5-2)12(10-14)13-8-7-11(3)16-13/h11-13H,4-10,14H2,1-3H3. The zero-order valence-electron chi connectivity index (χ0n) is 11.1. The topological polar surface area (TPSA) is 38.5 Å². The van der Waals surface area contributed by atoms with E-state index in [-0.39, 0.29) is 0 Å². The number of ether oxygens (including phenoxy) is 1. The van der Waals surface area contributed by atoms with Crippen molar-refractivity contribution in [3.05, 3.63) is 0 Å². The third-order valence-corrected chi connectivity index (χ3v) is 3.61. The number of likely N-dealkylation sites (N-methyl/N-ethyl adjacent to an activating group) is 1. The van der Waals surface area contributed by atoms with Gasteiger partial charge in [0.1, 0.15) is 0 Å². The second kappa shape index (κ2) is 7.25. The van der Waals surface area contributed by atoms with Gasteiger partial charge < -0.3 is 10.5 Å². The second-order valence-electron chi connectivity index (χ2n) is 4.85. The van der Waals surface area contributed by atoms with Gasteiger partial charge in [0.2, 0.25) is 0 Å². The zero-order valence-corrected chi connectivity index (χ0v) is 11.1. The molecule has 3 heteroatoms. The Kier molecular flexibility index (Phi) is 6.32. The van der Waals surface area contributed by atoms with Crippen molar-refractivity contribution >= 4 is 0 Å². The van der Waals surface area contributed by atoms with Gasteiger partial charge in [-0.25, -0.2) is 0 Å². The molecule has 0 bridgehead atoms. The van der Waals surface area contributed by atoms with Gasteiger partial charge in [-0.1, -0.05) is 20.3 Å². The monoisotopic (exact) mass is 228 g/mol. The normalized spacial score (nSPS) is 27.6. The Morgan fingerprint density at radius 3 is 2.56 bits per heavy atom. The number of rotatable bonds is 7. The van der Waals surface area contributed by atoms with Crippen molar-refractivity contribution in [3.8, 4) is 0 Å². The maximum Gasteiger partial charge on any atom is 0.0747 e. The molecule has 3 nitrogen and oxygen atoms in total. The molecule has 2 N–H and O–H groups in total. The summed E-state index contributed by atoms with van der Waals surface area (Å²) in [7, 11) is 0. The molecule has 0 saturated carbocycles. The lowest BCUT2D eigenvalue weighted by atomic mass is 10.1. The van der Waals surface area contributed by atoms with Crippen LogP contribution in [0.15, 0.2) is 0 Å². The summed E-state index contributed by atoms with van der Waals surface area (Å²) in [5.41, 5.74) is 5.92. The summed E-state index contributed by atoms with van der Waals surface area (Å²) in [4.78, 5) is 2.49. The molecule has 0 aromatic rings. The SMILES string of the molecule is CCCCN(CC)C(CN)C1CCC(C)O1. The summed E-state index contributed by atoms with van der Waals surface area (Å²) in [6, 6.07) is 0.418. The van der Waals surface area contributed by atoms with E-state index in [4.69, 9.17) is 10.5 Å². The molecule has 0 amide bonds. The molecule has 0 aromatic heterocycles. The maximum absolute atomic E-state index is 5.96. The lowest BCUT2D eigenvalue weighted by Gasteiger charge is -2.33. The fourth-order valence-corrected chi connectivity index (χ4v) is 2.57. The average molecular weight is 228 g/mol. The van der Waals surface area contributed by atoms with Gasteiger partial charge in [0, 0.05) is 12.6 Å². The van der Waals surface area contributed by atoms with E-state index in [0.29, 0.717) is 18.2 Å². The van der Waals surface area contributed by atoms with Crippen LogP contribution >= 0.6 is 0 Å². The van der Waals surface area contributed by atoms with Crippen LogP contribution < -0.4 is 5.73 Å². The number of hydrogen-bond donors (Lipinski definition) is 1. The smallest absolute Gasteiger partial charge is 0.0747 e. The van der Waals surface area contributed by atoms with Gasteiger partial charge in [0.05, 0.1) is 12.2 Å². The van der Waals surface area contributed by atoms with E-state index in [0.717, 1.165) is 19.6 Å². The first kappa shape index (κ1) is 13.9. The fourth-order valence-electron chi connectivity index (χ4n) is 2.57. The summed E-state index contributed by atoms with van der Waals surface area (Å²) in [5, 5.41) is 0. The zero-order chi connectivity index (χ0) is 12.0. The largest absolute Gasteiger partial charge is 0.374 e. The summed E-state index contributed by atoms with van der Waals surface area (Å²) in [6.07, 6.45) is 5.64. The highest BCUT2D eigenvalue weighted by Crippen LogP contribution is 2.24. The van der Waals surface area contributed by atoms with Crippen LogP contribution in [0, 0.1) is 0 Å². The van der Waals surface area contributed by atoms with Crippen LogP contribution in [0.2, 0.25) is 0 Å². The predicted octanol–water partition coefficient (Wildman–Crippen LogP) is 2.00. The van der Waals surface area contributed by atoms with E-state index in [9.17, 15) is 0 Å². The third kappa shape index (κ3) is 3.72. The van der Waals surface area contributed by atoms with E-state index in [1.807, 2.05) is 0 Å². The van der Waals surface area contributed by atoms with Crippen molar-refractivity contribution in [2.75, 3.05) is 19.6 Å². The number of nitrogens with zero attached hydrogens (tertiary/aromatic N) is 1. The molecule has 0 aromatic carbocycles. The highest BCUT2D eigenvalue weighted by molar-refractivity contribution is 4.85. The first-order chi connectivity index (χ1) is 7.72. The minimum atomic E-state index is 0.358. The minimum Gasteiger partial charge on any atom is -0.374 e. The van der Waals surface area contributed by atoms with Crippen molar-refractivity contribution in [2.45, 2.75) is 64.7 Å². The van der Waals surface area contributed by atoms with Gasteiger partial charge in [0.15, 0.2) is 0 Å². The number of nitrogens with two attached hydrogens (primary N) is 1. The van der Waals surface area contributed by atoms with Crippen molar-refractivity contribution < 1.29 is 4.74 Å². The Bertz CT molecular complexity index is 187. The molecular formula is C13H28N2O. The minimum absolute atomic E-state index is 0.358. The summed E-state index contributed by atoms with van der Waals surface area (Å²) < 4.78 is 5.96. The van der Waals surface area contributed by atoms with Crippen LogP contribution in [-0.2, 0) is 4.74 Å². The Hall–Kier alpha value is -0.120. The maximum atomic E-state index is 5.96. The van der Waals surface area contributed by atoms with Crippen molar-refractivity contribution in [1.29, 1.82) is 0 Å². The molecule has 0 aliphatic carbocycles. The van der Waals surface area contributed by atoms with Gasteiger partial charge >= 0.3 is 0 Å². The molecule has 96 valence electrons. The molecule has 3 atom stereocenters. The fraction of sp³-hybridized carbons (Fsp3) is 1.00. The quantitative estimate of drug-likeness (QED) is 0.724. The van der Waals surface area contributed by atoms with Crippen molar-refractivity contribution in [3.63, 3.8) is 0 Å². The van der Waals surface area contributed by atoms with Gasteiger partial charge in [-0.05, 0) is 39.3 Å². The molecule has 1 aliphatic heterocycles. The first-order valence-corrected chi connectivity index (χ1v) is 6.82. The van der Waals surface area contributed by atoms with Crippen LogP contribution in [0.3, 0.4) is 0 Å². The average Bonchev–Trinajstić information content (AvgIpc) is 2.70. The summed E-state index contributed by atoms with van der Waals surface area (Å²) in [5.74, 6) is 0. The highest BCUT2D eigenvalue weighted by Gasteiger charge is 2.31. The Morgan fingerprint density at radius 2 is 2.12 bits per heavy atom. The molecule has 0 radical (unpaired) electrons. The van der Waals surface area contributed by atoms with E-state index in [1.54, 1.807) is 0 Å². The molecule has 1 rings (SSSR count). The van der Waals surface area contributed by atoms with Crippen LogP contribution in [0.5, 0.6) is 0 Å².